The first-order valence-electron chi connectivity index (χ1n) is 5.21. The number of ether oxygens (including phenoxy) is 1. The molecule has 0 saturated carbocycles. The van der Waals surface area contributed by atoms with Crippen LogP contribution in [0.25, 0.3) is 0 Å². The van der Waals surface area contributed by atoms with Crippen LogP contribution in [-0.4, -0.2) is 6.61 Å². The molecule has 2 rings (SSSR count). The Morgan fingerprint density at radius 3 is 3.00 bits per heavy atom. The summed E-state index contributed by atoms with van der Waals surface area (Å²) in [5, 5.41) is 0. The van der Waals surface area contributed by atoms with Gasteiger partial charge in [-0.3, -0.25) is 0 Å². The highest BCUT2D eigenvalue weighted by Crippen LogP contribution is 2.31. The SMILES string of the molecule is C=C1CCc2cccc(OCC)c2C1. The maximum absolute atomic E-state index is 5.61. The molecule has 0 aliphatic heterocycles. The van der Waals surface area contributed by atoms with Crippen LogP contribution in [0.3, 0.4) is 0 Å². The fourth-order valence-electron chi connectivity index (χ4n) is 1.99. The second-order valence-electron chi connectivity index (χ2n) is 3.75. The summed E-state index contributed by atoms with van der Waals surface area (Å²) in [6.07, 6.45) is 3.24. The van der Waals surface area contributed by atoms with E-state index in [2.05, 4.69) is 24.8 Å². The predicted molar refractivity (Wildman–Crippen MR) is 58.8 cm³/mol. The Morgan fingerprint density at radius 2 is 2.21 bits per heavy atom. The summed E-state index contributed by atoms with van der Waals surface area (Å²) in [7, 11) is 0. The van der Waals surface area contributed by atoms with Crippen LogP contribution in [0.1, 0.15) is 24.5 Å². The van der Waals surface area contributed by atoms with E-state index in [0.717, 1.165) is 31.6 Å². The van der Waals surface area contributed by atoms with E-state index in [1.807, 2.05) is 6.92 Å². The minimum absolute atomic E-state index is 0.739. The van der Waals surface area contributed by atoms with E-state index < -0.39 is 0 Å². The highest BCUT2D eigenvalue weighted by molar-refractivity contribution is 5.44. The topological polar surface area (TPSA) is 9.23 Å². The normalized spacial score (nSPS) is 15.1. The molecule has 0 amide bonds. The summed E-state index contributed by atoms with van der Waals surface area (Å²) < 4.78 is 5.61. The highest BCUT2D eigenvalue weighted by atomic mass is 16.5. The molecule has 0 N–H and O–H groups in total. The average molecular weight is 188 g/mol. The minimum atomic E-state index is 0.739. The Labute approximate surface area is 85.4 Å². The van der Waals surface area contributed by atoms with Gasteiger partial charge in [-0.1, -0.05) is 24.3 Å². The molecular formula is C13H16O. The molecule has 74 valence electrons. The van der Waals surface area contributed by atoms with Crippen LogP contribution in [0.5, 0.6) is 5.75 Å². The second kappa shape index (κ2) is 3.87. The van der Waals surface area contributed by atoms with Gasteiger partial charge in [0.1, 0.15) is 5.75 Å². The zero-order valence-corrected chi connectivity index (χ0v) is 8.68. The molecule has 14 heavy (non-hydrogen) atoms. The largest absolute Gasteiger partial charge is 0.494 e. The quantitative estimate of drug-likeness (QED) is 0.648. The standard InChI is InChI=1S/C13H16O/c1-3-14-13-6-4-5-11-8-7-10(2)9-12(11)13/h4-6H,2-3,7-9H2,1H3. The Balaban J connectivity index is 2.38. The van der Waals surface area contributed by atoms with Crippen LogP contribution in [0.2, 0.25) is 0 Å². The van der Waals surface area contributed by atoms with Crippen LogP contribution < -0.4 is 4.74 Å². The van der Waals surface area contributed by atoms with E-state index in [1.54, 1.807) is 0 Å². The van der Waals surface area contributed by atoms with Gasteiger partial charge < -0.3 is 4.74 Å². The summed E-state index contributed by atoms with van der Waals surface area (Å²) in [5.41, 5.74) is 4.11. The van der Waals surface area contributed by atoms with Crippen molar-refractivity contribution in [3.63, 3.8) is 0 Å². The van der Waals surface area contributed by atoms with E-state index in [0.29, 0.717) is 0 Å². The number of allylic oxidation sites excluding steroid dienone is 1. The average Bonchev–Trinajstić information content (AvgIpc) is 2.19. The molecule has 0 fully saturated rings. The van der Waals surface area contributed by atoms with Crippen molar-refractivity contribution in [3.05, 3.63) is 41.5 Å². The zero-order valence-electron chi connectivity index (χ0n) is 8.68. The van der Waals surface area contributed by atoms with Gasteiger partial charge in [0, 0.05) is 5.56 Å². The van der Waals surface area contributed by atoms with Crippen molar-refractivity contribution >= 4 is 0 Å². The third kappa shape index (κ3) is 1.67. The molecule has 1 heteroatoms. The van der Waals surface area contributed by atoms with Gasteiger partial charge in [0.15, 0.2) is 0 Å². The number of aryl methyl sites for hydroxylation is 1. The second-order valence-corrected chi connectivity index (χ2v) is 3.75. The summed E-state index contributed by atoms with van der Waals surface area (Å²) >= 11 is 0. The van der Waals surface area contributed by atoms with Gasteiger partial charge in [-0.15, -0.1) is 0 Å². The molecule has 0 spiro atoms. The van der Waals surface area contributed by atoms with Crippen molar-refractivity contribution in [1.29, 1.82) is 0 Å². The van der Waals surface area contributed by atoms with E-state index in [9.17, 15) is 0 Å². The van der Waals surface area contributed by atoms with Crippen LogP contribution in [0, 0.1) is 0 Å². The molecule has 0 atom stereocenters. The third-order valence-electron chi connectivity index (χ3n) is 2.70. The first-order valence-corrected chi connectivity index (χ1v) is 5.21. The maximum atomic E-state index is 5.61. The lowest BCUT2D eigenvalue weighted by molar-refractivity contribution is 0.336. The Kier molecular flexibility index (Phi) is 2.58. The summed E-state index contributed by atoms with van der Waals surface area (Å²) in [5.74, 6) is 1.05. The van der Waals surface area contributed by atoms with Crippen LogP contribution in [0.15, 0.2) is 30.4 Å². The van der Waals surface area contributed by atoms with Crippen molar-refractivity contribution in [3.8, 4) is 5.75 Å². The third-order valence-corrected chi connectivity index (χ3v) is 2.70. The first-order chi connectivity index (χ1) is 6.81. The van der Waals surface area contributed by atoms with Gasteiger partial charge in [-0.05, 0) is 37.8 Å². The maximum Gasteiger partial charge on any atom is 0.123 e. The fourth-order valence-corrected chi connectivity index (χ4v) is 1.99. The minimum Gasteiger partial charge on any atom is -0.494 e. The molecule has 1 aromatic rings. The van der Waals surface area contributed by atoms with E-state index in [1.165, 1.54) is 16.7 Å². The van der Waals surface area contributed by atoms with Crippen LogP contribution in [-0.2, 0) is 12.8 Å². The number of benzene rings is 1. The van der Waals surface area contributed by atoms with E-state index in [-0.39, 0.29) is 0 Å². The molecule has 1 nitrogen and oxygen atoms in total. The number of fused-ring (bicyclic) bond motifs is 1. The van der Waals surface area contributed by atoms with E-state index >= 15 is 0 Å². The summed E-state index contributed by atoms with van der Waals surface area (Å²) in [4.78, 5) is 0. The van der Waals surface area contributed by atoms with E-state index in [4.69, 9.17) is 4.74 Å². The monoisotopic (exact) mass is 188 g/mol. The van der Waals surface area contributed by atoms with Crippen molar-refractivity contribution in [2.45, 2.75) is 26.2 Å². The van der Waals surface area contributed by atoms with Gasteiger partial charge in [0.05, 0.1) is 6.61 Å². The number of rotatable bonds is 2. The lowest BCUT2D eigenvalue weighted by Gasteiger charge is -2.20. The zero-order chi connectivity index (χ0) is 9.97. The molecule has 1 aliphatic carbocycles. The lowest BCUT2D eigenvalue weighted by atomic mass is 9.88. The molecule has 1 aliphatic rings. The Morgan fingerprint density at radius 1 is 1.36 bits per heavy atom. The van der Waals surface area contributed by atoms with Crippen molar-refractivity contribution in [2.75, 3.05) is 6.61 Å². The number of hydrogen-bond acceptors (Lipinski definition) is 1. The van der Waals surface area contributed by atoms with Crippen molar-refractivity contribution in [2.24, 2.45) is 0 Å². The summed E-state index contributed by atoms with van der Waals surface area (Å²) in [6, 6.07) is 6.34. The highest BCUT2D eigenvalue weighted by Gasteiger charge is 2.15. The van der Waals surface area contributed by atoms with Gasteiger partial charge in [0.25, 0.3) is 0 Å². The summed E-state index contributed by atoms with van der Waals surface area (Å²) in [6.45, 7) is 6.82. The molecule has 1 aromatic carbocycles. The van der Waals surface area contributed by atoms with Crippen LogP contribution in [0.4, 0.5) is 0 Å². The smallest absolute Gasteiger partial charge is 0.123 e. The number of hydrogen-bond donors (Lipinski definition) is 0. The van der Waals surface area contributed by atoms with Gasteiger partial charge >= 0.3 is 0 Å². The molecule has 0 saturated heterocycles. The molecule has 0 aromatic heterocycles. The van der Waals surface area contributed by atoms with Crippen molar-refractivity contribution in [1.82, 2.24) is 0 Å². The molecule has 0 bridgehead atoms. The van der Waals surface area contributed by atoms with Gasteiger partial charge in [-0.2, -0.15) is 0 Å². The predicted octanol–water partition coefficient (Wildman–Crippen LogP) is 3.13. The van der Waals surface area contributed by atoms with Crippen molar-refractivity contribution < 1.29 is 4.74 Å². The molecule has 0 heterocycles. The molecule has 0 radical (unpaired) electrons. The Hall–Kier alpha value is -1.24. The fraction of sp³-hybridized carbons (Fsp3) is 0.385. The van der Waals surface area contributed by atoms with Crippen LogP contribution >= 0.6 is 0 Å². The van der Waals surface area contributed by atoms with Gasteiger partial charge in [0.2, 0.25) is 0 Å². The Bertz CT molecular complexity index is 352. The lowest BCUT2D eigenvalue weighted by Crippen LogP contribution is -2.07. The molecular weight excluding hydrogens is 172 g/mol. The molecule has 0 unspecified atom stereocenters. The van der Waals surface area contributed by atoms with Gasteiger partial charge in [-0.25, -0.2) is 0 Å². The first kappa shape index (κ1) is 9.32.